The van der Waals surface area contributed by atoms with Crippen LogP contribution in [0.5, 0.6) is 0 Å². The van der Waals surface area contributed by atoms with E-state index in [2.05, 4.69) is 15.3 Å². The Morgan fingerprint density at radius 3 is 2.57 bits per heavy atom. The van der Waals surface area contributed by atoms with Crippen LogP contribution in [0.2, 0.25) is 5.02 Å². The maximum Gasteiger partial charge on any atom is 0.271 e. The molecule has 0 saturated carbocycles. The van der Waals surface area contributed by atoms with Gasteiger partial charge < -0.3 is 10.1 Å². The lowest BCUT2D eigenvalue weighted by Crippen LogP contribution is -2.38. The lowest BCUT2D eigenvalue weighted by molar-refractivity contribution is 0.0642. The van der Waals surface area contributed by atoms with Gasteiger partial charge in [-0.2, -0.15) is 0 Å². The molecule has 0 aliphatic rings. The minimum atomic E-state index is -0.286. The van der Waals surface area contributed by atoms with Crippen LogP contribution in [0.25, 0.3) is 0 Å². The van der Waals surface area contributed by atoms with Crippen molar-refractivity contribution in [3.63, 3.8) is 0 Å². The van der Waals surface area contributed by atoms with E-state index in [4.69, 9.17) is 16.3 Å². The number of nitrogens with zero attached hydrogens (tertiary/aromatic N) is 2. The van der Waals surface area contributed by atoms with Gasteiger partial charge in [0.2, 0.25) is 0 Å². The number of nitrogens with one attached hydrogen (secondary N) is 1. The first-order valence-corrected chi connectivity index (χ1v) is 6.84. The minimum absolute atomic E-state index is 0.231. The highest BCUT2D eigenvalue weighted by Gasteiger charge is 2.21. The van der Waals surface area contributed by atoms with Crippen molar-refractivity contribution < 1.29 is 9.53 Å². The van der Waals surface area contributed by atoms with E-state index in [1.165, 1.54) is 18.6 Å². The molecule has 0 unspecified atom stereocenters. The van der Waals surface area contributed by atoms with Gasteiger partial charge in [-0.25, -0.2) is 4.98 Å². The highest BCUT2D eigenvalue weighted by atomic mass is 35.5. The van der Waals surface area contributed by atoms with Gasteiger partial charge in [0.15, 0.2) is 0 Å². The minimum Gasteiger partial charge on any atom is -0.375 e. The van der Waals surface area contributed by atoms with E-state index < -0.39 is 0 Å². The standard InChI is InChI=1S/C15H16ClN3O2/c1-10(19-15(20)13-9-17-7-8-18-13)14(21-2)11-3-5-12(16)6-4-11/h3-10,14H,1-2H3,(H,19,20)/t10-,14-/m1/s1. The molecule has 0 aliphatic carbocycles. The van der Waals surface area contributed by atoms with Crippen molar-refractivity contribution in [3.05, 3.63) is 59.1 Å². The van der Waals surface area contributed by atoms with Crippen LogP contribution in [0.3, 0.4) is 0 Å². The van der Waals surface area contributed by atoms with E-state index >= 15 is 0 Å². The Morgan fingerprint density at radius 1 is 1.29 bits per heavy atom. The van der Waals surface area contributed by atoms with Crippen LogP contribution in [-0.4, -0.2) is 29.0 Å². The Kier molecular flexibility index (Phi) is 5.25. The van der Waals surface area contributed by atoms with Gasteiger partial charge in [-0.05, 0) is 24.6 Å². The van der Waals surface area contributed by atoms with Crippen LogP contribution in [0.1, 0.15) is 29.1 Å². The number of hydrogen-bond donors (Lipinski definition) is 1. The van der Waals surface area contributed by atoms with Gasteiger partial charge in [0.05, 0.1) is 12.2 Å². The molecule has 5 nitrogen and oxygen atoms in total. The average molecular weight is 306 g/mol. The number of carbonyl (C=O) groups excluding carboxylic acids is 1. The quantitative estimate of drug-likeness (QED) is 0.922. The second-order valence-corrected chi connectivity index (χ2v) is 5.00. The van der Waals surface area contributed by atoms with Crippen LogP contribution >= 0.6 is 11.6 Å². The summed E-state index contributed by atoms with van der Waals surface area (Å²) in [4.78, 5) is 19.9. The molecule has 110 valence electrons. The summed E-state index contributed by atoms with van der Waals surface area (Å²) in [6.45, 7) is 1.87. The topological polar surface area (TPSA) is 64.1 Å². The third kappa shape index (κ3) is 4.00. The Bertz CT molecular complexity index is 590. The molecule has 21 heavy (non-hydrogen) atoms. The summed E-state index contributed by atoms with van der Waals surface area (Å²) in [6, 6.07) is 7.11. The van der Waals surface area contributed by atoms with Gasteiger partial charge in [0.1, 0.15) is 11.8 Å². The van der Waals surface area contributed by atoms with Crippen molar-refractivity contribution >= 4 is 17.5 Å². The van der Waals surface area contributed by atoms with Crippen LogP contribution in [0, 0.1) is 0 Å². The molecule has 1 heterocycles. The fourth-order valence-corrected chi connectivity index (χ4v) is 2.18. The third-order valence-corrected chi connectivity index (χ3v) is 3.31. The molecule has 0 radical (unpaired) electrons. The van der Waals surface area contributed by atoms with Gasteiger partial charge in [0, 0.05) is 24.5 Å². The van der Waals surface area contributed by atoms with Crippen LogP contribution in [0.4, 0.5) is 0 Å². The maximum absolute atomic E-state index is 12.1. The third-order valence-electron chi connectivity index (χ3n) is 3.06. The number of halogens is 1. The molecule has 0 saturated heterocycles. The molecule has 2 aromatic rings. The summed E-state index contributed by atoms with van der Waals surface area (Å²) in [5.74, 6) is -0.286. The molecule has 1 amide bonds. The van der Waals surface area contributed by atoms with Gasteiger partial charge in [0.25, 0.3) is 5.91 Å². The zero-order chi connectivity index (χ0) is 15.2. The molecule has 1 aromatic carbocycles. The predicted molar refractivity (Wildman–Crippen MR) is 80.2 cm³/mol. The first-order chi connectivity index (χ1) is 10.1. The van der Waals surface area contributed by atoms with E-state index in [1.54, 1.807) is 19.2 Å². The van der Waals surface area contributed by atoms with Gasteiger partial charge in [-0.15, -0.1) is 0 Å². The van der Waals surface area contributed by atoms with E-state index in [1.807, 2.05) is 19.1 Å². The number of aromatic nitrogens is 2. The van der Waals surface area contributed by atoms with Crippen molar-refractivity contribution in [1.29, 1.82) is 0 Å². The summed E-state index contributed by atoms with van der Waals surface area (Å²) in [5, 5.41) is 3.52. The smallest absolute Gasteiger partial charge is 0.271 e. The zero-order valence-electron chi connectivity index (χ0n) is 11.8. The van der Waals surface area contributed by atoms with Crippen molar-refractivity contribution in [2.75, 3.05) is 7.11 Å². The van der Waals surface area contributed by atoms with Gasteiger partial charge in [-0.1, -0.05) is 23.7 Å². The summed E-state index contributed by atoms with van der Waals surface area (Å²) >= 11 is 5.88. The first kappa shape index (κ1) is 15.4. The van der Waals surface area contributed by atoms with Crippen LogP contribution in [-0.2, 0) is 4.74 Å². The number of hydrogen-bond acceptors (Lipinski definition) is 4. The highest BCUT2D eigenvalue weighted by Crippen LogP contribution is 2.22. The van der Waals surface area contributed by atoms with Crippen LogP contribution in [0.15, 0.2) is 42.9 Å². The van der Waals surface area contributed by atoms with Crippen molar-refractivity contribution in [1.82, 2.24) is 15.3 Å². The Balaban J connectivity index is 2.08. The lowest BCUT2D eigenvalue weighted by atomic mass is 10.0. The fraction of sp³-hybridized carbons (Fsp3) is 0.267. The largest absolute Gasteiger partial charge is 0.375 e. The highest BCUT2D eigenvalue weighted by molar-refractivity contribution is 6.30. The van der Waals surface area contributed by atoms with E-state index in [9.17, 15) is 4.79 Å². The van der Waals surface area contributed by atoms with Gasteiger partial charge in [-0.3, -0.25) is 9.78 Å². The number of ether oxygens (including phenoxy) is 1. The Labute approximate surface area is 128 Å². The molecule has 1 N–H and O–H groups in total. The molecule has 2 rings (SSSR count). The van der Waals surface area contributed by atoms with Gasteiger partial charge >= 0.3 is 0 Å². The zero-order valence-corrected chi connectivity index (χ0v) is 12.5. The number of rotatable bonds is 5. The number of benzene rings is 1. The van der Waals surface area contributed by atoms with Crippen molar-refractivity contribution in [2.45, 2.75) is 19.1 Å². The van der Waals surface area contributed by atoms with Crippen LogP contribution < -0.4 is 5.32 Å². The summed E-state index contributed by atoms with van der Waals surface area (Å²) in [6.07, 6.45) is 4.15. The monoisotopic (exact) mass is 305 g/mol. The molecule has 0 bridgehead atoms. The first-order valence-electron chi connectivity index (χ1n) is 6.47. The van der Waals surface area contributed by atoms with E-state index in [-0.39, 0.29) is 23.7 Å². The Hall–Kier alpha value is -1.98. The number of amides is 1. The lowest BCUT2D eigenvalue weighted by Gasteiger charge is -2.24. The molecule has 0 aliphatic heterocycles. The molecule has 6 heteroatoms. The number of methoxy groups -OCH3 is 1. The molecular weight excluding hydrogens is 290 g/mol. The SMILES string of the molecule is CO[C@@H](c1ccc(Cl)cc1)[C@@H](C)NC(=O)c1cnccn1. The normalized spacial score (nSPS) is 13.5. The average Bonchev–Trinajstić information content (AvgIpc) is 2.50. The van der Waals surface area contributed by atoms with Crippen molar-refractivity contribution in [3.8, 4) is 0 Å². The molecular formula is C15H16ClN3O2. The predicted octanol–water partition coefficient (Wildman–Crippen LogP) is 2.64. The number of carbonyl (C=O) groups is 1. The molecule has 1 aromatic heterocycles. The molecule has 0 fully saturated rings. The molecule has 0 spiro atoms. The summed E-state index contributed by atoms with van der Waals surface area (Å²) in [7, 11) is 1.60. The van der Waals surface area contributed by atoms with E-state index in [0.29, 0.717) is 5.02 Å². The maximum atomic E-state index is 12.1. The van der Waals surface area contributed by atoms with E-state index in [0.717, 1.165) is 5.56 Å². The summed E-state index contributed by atoms with van der Waals surface area (Å²) in [5.41, 5.74) is 1.21. The fourth-order valence-electron chi connectivity index (χ4n) is 2.05. The van der Waals surface area contributed by atoms with Crippen molar-refractivity contribution in [2.24, 2.45) is 0 Å². The molecule has 2 atom stereocenters. The second-order valence-electron chi connectivity index (χ2n) is 4.56. The second kappa shape index (κ2) is 7.15. The summed E-state index contributed by atoms with van der Waals surface area (Å²) < 4.78 is 5.48. The Morgan fingerprint density at radius 2 is 2.00 bits per heavy atom.